The van der Waals surface area contributed by atoms with Gasteiger partial charge >= 0.3 is 0 Å². The SMILES string of the molecule is CC(C)=CCC(=O)[C@@H](C)[C@H]1CC[C@H]2[C@@H]3CC=C4C[C@@H](O)CC[C@]4(C)[C@H]3CC[C@]12C. The number of carbonyl (C=O) groups excluding carboxylic acids is 1. The highest BCUT2D eigenvalue weighted by atomic mass is 16.3. The first-order valence-corrected chi connectivity index (χ1v) is 12.2. The molecule has 0 bridgehead atoms. The van der Waals surface area contributed by atoms with E-state index in [0.29, 0.717) is 29.0 Å². The van der Waals surface area contributed by atoms with Crippen molar-refractivity contribution >= 4 is 5.78 Å². The van der Waals surface area contributed by atoms with Gasteiger partial charge in [0.05, 0.1) is 6.10 Å². The monoisotopic (exact) mass is 398 g/mol. The van der Waals surface area contributed by atoms with Crippen LogP contribution in [0.15, 0.2) is 23.3 Å². The Morgan fingerprint density at radius 3 is 2.66 bits per heavy atom. The zero-order valence-electron chi connectivity index (χ0n) is 19.3. The van der Waals surface area contributed by atoms with Crippen LogP contribution in [0.3, 0.4) is 0 Å². The van der Waals surface area contributed by atoms with Crippen LogP contribution in [0.25, 0.3) is 0 Å². The molecule has 0 amide bonds. The zero-order chi connectivity index (χ0) is 21.0. The molecule has 1 N–H and O–H groups in total. The molecule has 2 heteroatoms. The maximum atomic E-state index is 12.9. The van der Waals surface area contributed by atoms with Crippen molar-refractivity contribution in [1.29, 1.82) is 0 Å². The second kappa shape index (κ2) is 7.66. The van der Waals surface area contributed by atoms with Gasteiger partial charge in [0.15, 0.2) is 0 Å². The Kier molecular flexibility index (Phi) is 5.64. The third-order valence-electron chi connectivity index (χ3n) is 9.97. The second-order valence-corrected chi connectivity index (χ2v) is 11.6. The number of aliphatic hydroxyl groups excluding tert-OH is 1. The average molecular weight is 399 g/mol. The number of Topliss-reactive ketones (excluding diaryl/α,β-unsaturated/α-hetero) is 1. The summed E-state index contributed by atoms with van der Waals surface area (Å²) in [5.74, 6) is 3.52. The summed E-state index contributed by atoms with van der Waals surface area (Å²) in [6.07, 6.45) is 14.5. The fraction of sp³-hybridized carbons (Fsp3) is 0.815. The van der Waals surface area contributed by atoms with Gasteiger partial charge in [0.25, 0.3) is 0 Å². The number of ketones is 1. The molecule has 162 valence electrons. The van der Waals surface area contributed by atoms with E-state index in [1.54, 1.807) is 5.57 Å². The number of aliphatic hydroxyl groups is 1. The van der Waals surface area contributed by atoms with E-state index in [2.05, 4.69) is 46.8 Å². The van der Waals surface area contributed by atoms with Crippen LogP contribution in [0.1, 0.15) is 92.4 Å². The first-order valence-electron chi connectivity index (χ1n) is 12.2. The predicted molar refractivity (Wildman–Crippen MR) is 119 cm³/mol. The maximum Gasteiger partial charge on any atom is 0.139 e. The van der Waals surface area contributed by atoms with Gasteiger partial charge in [-0.3, -0.25) is 4.79 Å². The van der Waals surface area contributed by atoms with Crippen molar-refractivity contribution in [2.75, 3.05) is 0 Å². The molecule has 4 aliphatic rings. The van der Waals surface area contributed by atoms with Crippen molar-refractivity contribution in [3.63, 3.8) is 0 Å². The highest BCUT2D eigenvalue weighted by Gasteiger charge is 2.59. The molecule has 0 radical (unpaired) electrons. The molecule has 3 fully saturated rings. The highest BCUT2D eigenvalue weighted by molar-refractivity contribution is 5.82. The largest absolute Gasteiger partial charge is 0.393 e. The molecule has 0 heterocycles. The van der Waals surface area contributed by atoms with Gasteiger partial charge in [0.1, 0.15) is 5.78 Å². The Labute approximate surface area is 178 Å². The lowest BCUT2D eigenvalue weighted by molar-refractivity contribution is -0.126. The molecule has 0 aromatic carbocycles. The van der Waals surface area contributed by atoms with E-state index in [1.807, 2.05) is 0 Å². The van der Waals surface area contributed by atoms with E-state index in [9.17, 15) is 9.90 Å². The standard InChI is InChI=1S/C27H42O2/c1-17(2)6-11-25(29)18(3)22-9-10-23-21-8-7-19-16-20(28)12-14-26(19,4)24(21)13-15-27(22,23)5/h6-7,18,20-24,28H,8-16H2,1-5H3/t18-,20-,21-,22+,23-,24-,26-,27+/m0/s1. The molecule has 4 aliphatic carbocycles. The molecule has 0 aromatic rings. The molecule has 0 spiro atoms. The van der Waals surface area contributed by atoms with Crippen LogP contribution in [0.5, 0.6) is 0 Å². The lowest BCUT2D eigenvalue weighted by Crippen LogP contribution is -2.51. The molecule has 0 aromatic heterocycles. The van der Waals surface area contributed by atoms with Gasteiger partial charge in [-0.15, -0.1) is 0 Å². The van der Waals surface area contributed by atoms with Crippen molar-refractivity contribution in [2.45, 2.75) is 98.5 Å². The number of hydrogen-bond acceptors (Lipinski definition) is 2. The minimum absolute atomic E-state index is 0.122. The first-order chi connectivity index (χ1) is 13.7. The normalized spacial score (nSPS) is 44.8. The second-order valence-electron chi connectivity index (χ2n) is 11.6. The molecule has 0 saturated heterocycles. The van der Waals surface area contributed by atoms with Crippen LogP contribution >= 0.6 is 0 Å². The van der Waals surface area contributed by atoms with Gasteiger partial charge < -0.3 is 5.11 Å². The minimum atomic E-state index is -0.122. The fourth-order valence-corrected chi connectivity index (χ4v) is 8.22. The van der Waals surface area contributed by atoms with E-state index in [4.69, 9.17) is 0 Å². The van der Waals surface area contributed by atoms with Gasteiger partial charge in [-0.1, -0.05) is 44.1 Å². The summed E-state index contributed by atoms with van der Waals surface area (Å²) < 4.78 is 0. The van der Waals surface area contributed by atoms with Gasteiger partial charge in [-0.2, -0.15) is 0 Å². The van der Waals surface area contributed by atoms with Crippen LogP contribution in [0.2, 0.25) is 0 Å². The molecular weight excluding hydrogens is 356 g/mol. The smallest absolute Gasteiger partial charge is 0.139 e. The van der Waals surface area contributed by atoms with Crippen molar-refractivity contribution < 1.29 is 9.90 Å². The average Bonchev–Trinajstić information content (AvgIpc) is 3.03. The van der Waals surface area contributed by atoms with Gasteiger partial charge in [-0.25, -0.2) is 0 Å². The van der Waals surface area contributed by atoms with Crippen molar-refractivity contribution in [1.82, 2.24) is 0 Å². The van der Waals surface area contributed by atoms with Crippen LogP contribution in [-0.4, -0.2) is 17.0 Å². The third-order valence-corrected chi connectivity index (χ3v) is 9.97. The predicted octanol–water partition coefficient (Wildman–Crippen LogP) is 6.49. The number of fused-ring (bicyclic) bond motifs is 5. The number of hydrogen-bond donors (Lipinski definition) is 1. The quantitative estimate of drug-likeness (QED) is 0.550. The van der Waals surface area contributed by atoms with E-state index < -0.39 is 0 Å². The van der Waals surface area contributed by atoms with E-state index in [0.717, 1.165) is 37.0 Å². The highest BCUT2D eigenvalue weighted by Crippen LogP contribution is 2.67. The van der Waals surface area contributed by atoms with Gasteiger partial charge in [-0.05, 0) is 99.7 Å². The molecule has 0 aliphatic heterocycles. The summed E-state index contributed by atoms with van der Waals surface area (Å²) in [6.45, 7) is 11.4. The van der Waals surface area contributed by atoms with Crippen LogP contribution in [-0.2, 0) is 4.79 Å². The number of rotatable bonds is 4. The fourth-order valence-electron chi connectivity index (χ4n) is 8.22. The first kappa shape index (κ1) is 21.3. The Morgan fingerprint density at radius 1 is 1.17 bits per heavy atom. The van der Waals surface area contributed by atoms with E-state index in [1.165, 1.54) is 37.7 Å². The third kappa shape index (κ3) is 3.48. The number of carbonyl (C=O) groups is 1. The Morgan fingerprint density at radius 2 is 1.93 bits per heavy atom. The molecule has 2 nitrogen and oxygen atoms in total. The molecule has 8 atom stereocenters. The summed E-state index contributed by atoms with van der Waals surface area (Å²) in [5.41, 5.74) is 3.45. The molecule has 0 unspecified atom stereocenters. The van der Waals surface area contributed by atoms with Crippen LogP contribution < -0.4 is 0 Å². The zero-order valence-corrected chi connectivity index (χ0v) is 19.3. The van der Waals surface area contributed by atoms with Crippen molar-refractivity contribution in [3.8, 4) is 0 Å². The topological polar surface area (TPSA) is 37.3 Å². The summed E-state index contributed by atoms with van der Waals surface area (Å²) in [4.78, 5) is 12.9. The summed E-state index contributed by atoms with van der Waals surface area (Å²) >= 11 is 0. The molecule has 4 rings (SSSR count). The minimum Gasteiger partial charge on any atom is -0.393 e. The van der Waals surface area contributed by atoms with E-state index in [-0.39, 0.29) is 12.0 Å². The molecular formula is C27H42O2. The van der Waals surface area contributed by atoms with Crippen molar-refractivity contribution in [3.05, 3.63) is 23.3 Å². The lowest BCUT2D eigenvalue weighted by atomic mass is 9.47. The van der Waals surface area contributed by atoms with Crippen LogP contribution in [0.4, 0.5) is 0 Å². The lowest BCUT2D eigenvalue weighted by Gasteiger charge is -2.58. The number of allylic oxidation sites excluding steroid dienone is 3. The summed E-state index contributed by atoms with van der Waals surface area (Å²) in [7, 11) is 0. The maximum absolute atomic E-state index is 12.9. The van der Waals surface area contributed by atoms with Gasteiger partial charge in [0.2, 0.25) is 0 Å². The van der Waals surface area contributed by atoms with Crippen LogP contribution in [0, 0.1) is 40.4 Å². The Balaban J connectivity index is 1.54. The van der Waals surface area contributed by atoms with Crippen molar-refractivity contribution in [2.24, 2.45) is 40.4 Å². The van der Waals surface area contributed by atoms with Gasteiger partial charge in [0, 0.05) is 12.3 Å². The Hall–Kier alpha value is -0.890. The summed E-state index contributed by atoms with van der Waals surface area (Å²) in [5, 5.41) is 10.2. The van der Waals surface area contributed by atoms with E-state index >= 15 is 0 Å². The Bertz CT molecular complexity index is 714. The molecule has 3 saturated carbocycles. The summed E-state index contributed by atoms with van der Waals surface area (Å²) in [6, 6.07) is 0. The molecule has 29 heavy (non-hydrogen) atoms.